The first-order valence-corrected chi connectivity index (χ1v) is 5.83. The number of aryl methyl sites for hydroxylation is 1. The minimum atomic E-state index is 0.547. The summed E-state index contributed by atoms with van der Waals surface area (Å²) in [6.45, 7) is 2.58. The smallest absolute Gasteiger partial charge is 0.123 e. The van der Waals surface area contributed by atoms with Crippen molar-refractivity contribution in [1.29, 1.82) is 0 Å². The van der Waals surface area contributed by atoms with Gasteiger partial charge in [0.25, 0.3) is 0 Å². The maximum atomic E-state index is 5.73. The first kappa shape index (κ1) is 11.1. The van der Waals surface area contributed by atoms with Gasteiger partial charge in [-0.05, 0) is 30.7 Å². The fourth-order valence-corrected chi connectivity index (χ4v) is 1.71. The minimum Gasteiger partial charge on any atom is -0.489 e. The number of pyridine rings is 1. The lowest BCUT2D eigenvalue weighted by Crippen LogP contribution is -1.97. The van der Waals surface area contributed by atoms with E-state index in [0.717, 1.165) is 21.3 Å². The van der Waals surface area contributed by atoms with E-state index >= 15 is 0 Å². The van der Waals surface area contributed by atoms with Gasteiger partial charge in [-0.15, -0.1) is 0 Å². The summed E-state index contributed by atoms with van der Waals surface area (Å²) in [6, 6.07) is 9.92. The summed E-state index contributed by atoms with van der Waals surface area (Å²) in [5.41, 5.74) is 2.20. The average Bonchev–Trinajstić information content (AvgIpc) is 2.32. The van der Waals surface area contributed by atoms with E-state index in [1.54, 1.807) is 6.20 Å². The molecule has 0 aliphatic heterocycles. The molecule has 1 aromatic carbocycles. The number of halogens is 1. The number of benzene rings is 1. The number of ether oxygens (including phenoxy) is 1. The van der Waals surface area contributed by atoms with Crippen LogP contribution >= 0.6 is 15.9 Å². The Balaban J connectivity index is 2.08. The topological polar surface area (TPSA) is 22.1 Å². The van der Waals surface area contributed by atoms with Gasteiger partial charge in [-0.3, -0.25) is 4.98 Å². The molecule has 0 saturated heterocycles. The van der Waals surface area contributed by atoms with Crippen LogP contribution in [0.2, 0.25) is 0 Å². The van der Waals surface area contributed by atoms with E-state index in [0.29, 0.717) is 6.61 Å². The molecule has 0 N–H and O–H groups in total. The summed E-state index contributed by atoms with van der Waals surface area (Å²) in [7, 11) is 0. The van der Waals surface area contributed by atoms with Crippen molar-refractivity contribution >= 4 is 15.9 Å². The van der Waals surface area contributed by atoms with Crippen LogP contribution in [0.4, 0.5) is 0 Å². The molecule has 0 aliphatic carbocycles. The molecule has 16 heavy (non-hydrogen) atoms. The van der Waals surface area contributed by atoms with Crippen LogP contribution < -0.4 is 4.74 Å². The minimum absolute atomic E-state index is 0.547. The first-order chi connectivity index (χ1) is 7.75. The number of aromatic nitrogens is 1. The Kier molecular flexibility index (Phi) is 3.57. The second kappa shape index (κ2) is 5.12. The van der Waals surface area contributed by atoms with Crippen LogP contribution in [0.1, 0.15) is 11.1 Å². The lowest BCUT2D eigenvalue weighted by atomic mass is 10.2. The van der Waals surface area contributed by atoms with Crippen LogP contribution in [0.5, 0.6) is 5.75 Å². The molecular formula is C13H12BrNO. The Morgan fingerprint density at radius 1 is 1.31 bits per heavy atom. The van der Waals surface area contributed by atoms with Crippen LogP contribution in [-0.2, 0) is 6.61 Å². The van der Waals surface area contributed by atoms with Crippen molar-refractivity contribution in [3.63, 3.8) is 0 Å². The van der Waals surface area contributed by atoms with Gasteiger partial charge in [0.05, 0.1) is 0 Å². The van der Waals surface area contributed by atoms with Crippen molar-refractivity contribution in [2.24, 2.45) is 0 Å². The third-order valence-electron chi connectivity index (χ3n) is 2.27. The molecule has 0 fully saturated rings. The standard InChI is InChI=1S/C13H12BrNO/c1-10-4-5-12(14)7-13(10)16-9-11-3-2-6-15-8-11/h2-8H,9H2,1H3. The van der Waals surface area contributed by atoms with Crippen LogP contribution in [-0.4, -0.2) is 4.98 Å². The molecule has 2 aromatic rings. The second-order valence-corrected chi connectivity index (χ2v) is 4.48. The summed E-state index contributed by atoms with van der Waals surface area (Å²) in [5.74, 6) is 0.901. The molecule has 0 atom stereocenters. The summed E-state index contributed by atoms with van der Waals surface area (Å²) < 4.78 is 6.76. The van der Waals surface area contributed by atoms with Crippen LogP contribution in [0, 0.1) is 6.92 Å². The van der Waals surface area contributed by atoms with Crippen LogP contribution in [0.3, 0.4) is 0 Å². The van der Waals surface area contributed by atoms with Crippen molar-refractivity contribution in [3.05, 3.63) is 58.3 Å². The Hall–Kier alpha value is -1.35. The lowest BCUT2D eigenvalue weighted by Gasteiger charge is -2.09. The molecule has 0 unspecified atom stereocenters. The maximum Gasteiger partial charge on any atom is 0.123 e. The molecule has 3 heteroatoms. The first-order valence-electron chi connectivity index (χ1n) is 5.03. The largest absolute Gasteiger partial charge is 0.489 e. The molecule has 0 aliphatic rings. The maximum absolute atomic E-state index is 5.73. The summed E-state index contributed by atoms with van der Waals surface area (Å²) >= 11 is 3.43. The van der Waals surface area contributed by atoms with Gasteiger partial charge in [-0.2, -0.15) is 0 Å². The van der Waals surface area contributed by atoms with Gasteiger partial charge in [0.2, 0.25) is 0 Å². The number of hydrogen-bond donors (Lipinski definition) is 0. The highest BCUT2D eigenvalue weighted by molar-refractivity contribution is 9.10. The quantitative estimate of drug-likeness (QED) is 0.853. The molecule has 0 spiro atoms. The Morgan fingerprint density at radius 2 is 2.19 bits per heavy atom. The Labute approximate surface area is 103 Å². The van der Waals surface area contributed by atoms with Gasteiger partial charge in [-0.1, -0.05) is 28.1 Å². The zero-order valence-corrected chi connectivity index (χ0v) is 10.6. The van der Waals surface area contributed by atoms with Crippen molar-refractivity contribution in [2.75, 3.05) is 0 Å². The van der Waals surface area contributed by atoms with E-state index in [-0.39, 0.29) is 0 Å². The predicted molar refractivity (Wildman–Crippen MR) is 67.4 cm³/mol. The van der Waals surface area contributed by atoms with E-state index in [1.807, 2.05) is 43.5 Å². The van der Waals surface area contributed by atoms with Crippen molar-refractivity contribution < 1.29 is 4.74 Å². The third-order valence-corrected chi connectivity index (χ3v) is 2.76. The van der Waals surface area contributed by atoms with E-state index in [2.05, 4.69) is 20.9 Å². The van der Waals surface area contributed by atoms with Gasteiger partial charge < -0.3 is 4.74 Å². The molecule has 2 nitrogen and oxygen atoms in total. The lowest BCUT2D eigenvalue weighted by molar-refractivity contribution is 0.303. The third kappa shape index (κ3) is 2.83. The molecular weight excluding hydrogens is 266 g/mol. The molecule has 1 aromatic heterocycles. The normalized spacial score (nSPS) is 10.1. The number of nitrogens with zero attached hydrogens (tertiary/aromatic N) is 1. The molecule has 1 heterocycles. The molecule has 0 radical (unpaired) electrons. The molecule has 0 bridgehead atoms. The van der Waals surface area contributed by atoms with E-state index in [9.17, 15) is 0 Å². The van der Waals surface area contributed by atoms with Gasteiger partial charge in [0, 0.05) is 22.4 Å². The molecule has 2 rings (SSSR count). The second-order valence-electron chi connectivity index (χ2n) is 3.56. The van der Waals surface area contributed by atoms with Crippen molar-refractivity contribution in [1.82, 2.24) is 4.98 Å². The van der Waals surface area contributed by atoms with Crippen molar-refractivity contribution in [3.8, 4) is 5.75 Å². The molecule has 0 amide bonds. The predicted octanol–water partition coefficient (Wildman–Crippen LogP) is 3.73. The van der Waals surface area contributed by atoms with E-state index < -0.39 is 0 Å². The average molecular weight is 278 g/mol. The fraction of sp³-hybridized carbons (Fsp3) is 0.154. The van der Waals surface area contributed by atoms with Gasteiger partial charge in [-0.25, -0.2) is 0 Å². The summed E-state index contributed by atoms with van der Waals surface area (Å²) in [6.07, 6.45) is 3.57. The SMILES string of the molecule is Cc1ccc(Br)cc1OCc1cccnc1. The van der Waals surface area contributed by atoms with Crippen LogP contribution in [0.15, 0.2) is 47.2 Å². The Bertz CT molecular complexity index is 471. The monoisotopic (exact) mass is 277 g/mol. The number of rotatable bonds is 3. The Morgan fingerprint density at radius 3 is 2.94 bits per heavy atom. The molecule has 0 saturated carbocycles. The van der Waals surface area contributed by atoms with E-state index in [4.69, 9.17) is 4.74 Å². The highest BCUT2D eigenvalue weighted by Crippen LogP contribution is 2.23. The zero-order chi connectivity index (χ0) is 11.4. The highest BCUT2D eigenvalue weighted by atomic mass is 79.9. The van der Waals surface area contributed by atoms with Crippen molar-refractivity contribution in [2.45, 2.75) is 13.5 Å². The van der Waals surface area contributed by atoms with Gasteiger partial charge in [0.15, 0.2) is 0 Å². The zero-order valence-electron chi connectivity index (χ0n) is 8.98. The fourth-order valence-electron chi connectivity index (χ4n) is 1.37. The summed E-state index contributed by atoms with van der Waals surface area (Å²) in [4.78, 5) is 4.05. The van der Waals surface area contributed by atoms with Gasteiger partial charge in [0.1, 0.15) is 12.4 Å². The molecule has 82 valence electrons. The summed E-state index contributed by atoms with van der Waals surface area (Å²) in [5, 5.41) is 0. The number of hydrogen-bond acceptors (Lipinski definition) is 2. The highest BCUT2D eigenvalue weighted by Gasteiger charge is 2.00. The van der Waals surface area contributed by atoms with Crippen LogP contribution in [0.25, 0.3) is 0 Å². The van der Waals surface area contributed by atoms with Gasteiger partial charge >= 0.3 is 0 Å². The van der Waals surface area contributed by atoms with E-state index in [1.165, 1.54) is 0 Å².